The molecule has 0 N–H and O–H groups in total. The molecule has 176 valence electrons. The molecular formula is C36H26O. The van der Waals surface area contributed by atoms with Crippen molar-refractivity contribution in [1.29, 1.82) is 0 Å². The smallest absolute Gasteiger partial charge is 0.142 e. The van der Waals surface area contributed by atoms with Gasteiger partial charge in [-0.25, -0.2) is 0 Å². The number of hydrogen-bond acceptors (Lipinski definition) is 1. The van der Waals surface area contributed by atoms with E-state index in [-0.39, 0.29) is 0 Å². The second kappa shape index (κ2) is 10.4. The highest BCUT2D eigenvalue weighted by molar-refractivity contribution is 5.96. The highest BCUT2D eigenvalue weighted by Gasteiger charge is 2.14. The van der Waals surface area contributed by atoms with Gasteiger partial charge in [-0.2, -0.15) is 0 Å². The second-order valence-corrected chi connectivity index (χ2v) is 9.00. The molecule has 0 aliphatic rings. The topological polar surface area (TPSA) is 9.23 Å². The fourth-order valence-corrected chi connectivity index (χ4v) is 4.61. The summed E-state index contributed by atoms with van der Waals surface area (Å²) < 4.78 is 6.94. The van der Waals surface area contributed by atoms with Crippen LogP contribution in [0.4, 0.5) is 0 Å². The van der Waals surface area contributed by atoms with Gasteiger partial charge in [-0.15, -0.1) is 0 Å². The van der Waals surface area contributed by atoms with Crippen LogP contribution in [-0.4, -0.2) is 0 Å². The van der Waals surface area contributed by atoms with Crippen molar-refractivity contribution in [3.8, 4) is 11.5 Å². The molecule has 0 saturated heterocycles. The predicted octanol–water partition coefficient (Wildman–Crippen LogP) is 10.1. The third-order valence-corrected chi connectivity index (χ3v) is 6.53. The van der Waals surface area contributed by atoms with E-state index in [1.807, 2.05) is 12.1 Å². The van der Waals surface area contributed by atoms with Gasteiger partial charge in [0.05, 0.1) is 0 Å². The molecule has 0 spiro atoms. The SMILES string of the molecule is C(=C\c1ccc2ccccc2c1Oc1c(/C=C/c2ccccc2)ccc2ccccc12)/c1ccccc1. The third-order valence-electron chi connectivity index (χ3n) is 6.53. The summed E-state index contributed by atoms with van der Waals surface area (Å²) in [6.45, 7) is 0. The van der Waals surface area contributed by atoms with Crippen molar-refractivity contribution >= 4 is 45.8 Å². The highest BCUT2D eigenvalue weighted by Crippen LogP contribution is 2.40. The average Bonchev–Trinajstić information content (AvgIpc) is 2.97. The molecule has 0 atom stereocenters. The monoisotopic (exact) mass is 474 g/mol. The molecule has 0 aromatic heterocycles. The molecule has 6 aromatic rings. The van der Waals surface area contributed by atoms with E-state index < -0.39 is 0 Å². The number of rotatable bonds is 6. The lowest BCUT2D eigenvalue weighted by Crippen LogP contribution is -1.93. The minimum atomic E-state index is 0.857. The summed E-state index contributed by atoms with van der Waals surface area (Å²) in [5, 5.41) is 4.47. The molecule has 37 heavy (non-hydrogen) atoms. The van der Waals surface area contributed by atoms with E-state index in [1.54, 1.807) is 0 Å². The van der Waals surface area contributed by atoms with Crippen molar-refractivity contribution in [2.45, 2.75) is 0 Å². The lowest BCUT2D eigenvalue weighted by Gasteiger charge is -2.16. The molecule has 1 heteroatoms. The third kappa shape index (κ3) is 4.94. The molecule has 1 nitrogen and oxygen atoms in total. The minimum absolute atomic E-state index is 0.857. The maximum atomic E-state index is 6.94. The van der Waals surface area contributed by atoms with Gasteiger partial charge in [0.1, 0.15) is 11.5 Å². The van der Waals surface area contributed by atoms with E-state index in [4.69, 9.17) is 4.74 Å². The molecule has 0 fully saturated rings. The summed E-state index contributed by atoms with van der Waals surface area (Å²) >= 11 is 0. The molecule has 0 saturated carbocycles. The summed E-state index contributed by atoms with van der Waals surface area (Å²) in [7, 11) is 0. The zero-order valence-electron chi connectivity index (χ0n) is 20.4. The van der Waals surface area contributed by atoms with Gasteiger partial charge in [0.25, 0.3) is 0 Å². The van der Waals surface area contributed by atoms with Gasteiger partial charge in [-0.1, -0.05) is 158 Å². The van der Waals surface area contributed by atoms with E-state index in [0.29, 0.717) is 0 Å². The van der Waals surface area contributed by atoms with E-state index in [1.165, 1.54) is 0 Å². The molecular weight excluding hydrogens is 448 g/mol. The maximum Gasteiger partial charge on any atom is 0.142 e. The predicted molar refractivity (Wildman–Crippen MR) is 159 cm³/mol. The van der Waals surface area contributed by atoms with Crippen molar-refractivity contribution in [2.75, 3.05) is 0 Å². The van der Waals surface area contributed by atoms with Crippen molar-refractivity contribution in [3.63, 3.8) is 0 Å². The zero-order chi connectivity index (χ0) is 24.9. The van der Waals surface area contributed by atoms with Crippen LogP contribution in [0, 0.1) is 0 Å². The normalized spacial score (nSPS) is 11.6. The Balaban J connectivity index is 1.51. The van der Waals surface area contributed by atoms with Gasteiger partial charge in [0.2, 0.25) is 0 Å². The fraction of sp³-hybridized carbons (Fsp3) is 0. The van der Waals surface area contributed by atoms with Gasteiger partial charge in [-0.3, -0.25) is 0 Å². The fourth-order valence-electron chi connectivity index (χ4n) is 4.61. The molecule has 0 amide bonds. The van der Waals surface area contributed by atoms with E-state index in [0.717, 1.165) is 55.3 Å². The van der Waals surface area contributed by atoms with Crippen molar-refractivity contribution < 1.29 is 4.74 Å². The van der Waals surface area contributed by atoms with Crippen LogP contribution in [-0.2, 0) is 0 Å². The first-order chi connectivity index (χ1) is 18.3. The first-order valence-corrected chi connectivity index (χ1v) is 12.5. The zero-order valence-corrected chi connectivity index (χ0v) is 20.4. The standard InChI is InChI=1S/C36H26O/c1-3-11-27(12-4-1)19-21-31-25-23-29-15-7-9-17-33(29)35(31)37-36-32(22-20-28-13-5-2-6-14-28)26-24-30-16-8-10-18-34(30)36/h1-26H/b21-19+,22-20+. The molecule has 0 unspecified atom stereocenters. The second-order valence-electron chi connectivity index (χ2n) is 9.00. The van der Waals surface area contributed by atoms with Gasteiger partial charge < -0.3 is 4.74 Å². The van der Waals surface area contributed by atoms with Crippen LogP contribution in [0.15, 0.2) is 133 Å². The Morgan fingerprint density at radius 3 is 1.22 bits per heavy atom. The first kappa shape index (κ1) is 22.6. The summed E-state index contributed by atoms with van der Waals surface area (Å²) in [6.07, 6.45) is 8.55. The number of hydrogen-bond donors (Lipinski definition) is 0. The van der Waals surface area contributed by atoms with Crippen molar-refractivity contribution in [2.24, 2.45) is 0 Å². The lowest BCUT2D eigenvalue weighted by molar-refractivity contribution is 0.492. The van der Waals surface area contributed by atoms with Crippen LogP contribution in [0.5, 0.6) is 11.5 Å². The van der Waals surface area contributed by atoms with Gasteiger partial charge in [-0.05, 0) is 21.9 Å². The Bertz CT molecular complexity index is 1600. The van der Waals surface area contributed by atoms with E-state index in [9.17, 15) is 0 Å². The van der Waals surface area contributed by atoms with E-state index in [2.05, 4.69) is 146 Å². The molecule has 0 aliphatic carbocycles. The number of ether oxygens (including phenoxy) is 1. The van der Waals surface area contributed by atoms with Gasteiger partial charge in [0.15, 0.2) is 0 Å². The van der Waals surface area contributed by atoms with Crippen molar-refractivity contribution in [1.82, 2.24) is 0 Å². The minimum Gasteiger partial charge on any atom is -0.455 e. The molecule has 0 radical (unpaired) electrons. The largest absolute Gasteiger partial charge is 0.455 e. The molecule has 0 bridgehead atoms. The quantitative estimate of drug-likeness (QED) is 0.218. The molecule has 0 aliphatic heterocycles. The summed E-state index contributed by atoms with van der Waals surface area (Å²) in [5.41, 5.74) is 4.37. The lowest BCUT2D eigenvalue weighted by atomic mass is 10.0. The van der Waals surface area contributed by atoms with Crippen LogP contribution < -0.4 is 4.74 Å². The van der Waals surface area contributed by atoms with Gasteiger partial charge >= 0.3 is 0 Å². The van der Waals surface area contributed by atoms with E-state index >= 15 is 0 Å². The Labute approximate surface area is 217 Å². The summed E-state index contributed by atoms with van der Waals surface area (Å²) in [6, 6.07) is 46.1. The van der Waals surface area contributed by atoms with Crippen LogP contribution >= 0.6 is 0 Å². The van der Waals surface area contributed by atoms with Crippen LogP contribution in [0.1, 0.15) is 22.3 Å². The summed E-state index contributed by atoms with van der Waals surface area (Å²) in [4.78, 5) is 0. The average molecular weight is 475 g/mol. The maximum absolute atomic E-state index is 6.94. The first-order valence-electron chi connectivity index (χ1n) is 12.5. The number of fused-ring (bicyclic) bond motifs is 2. The Kier molecular flexibility index (Phi) is 6.34. The Morgan fingerprint density at radius 1 is 0.351 bits per heavy atom. The Hall–Kier alpha value is -4.88. The van der Waals surface area contributed by atoms with Crippen molar-refractivity contribution in [3.05, 3.63) is 156 Å². The van der Waals surface area contributed by atoms with Gasteiger partial charge in [0, 0.05) is 21.9 Å². The number of benzene rings is 6. The summed E-state index contributed by atoms with van der Waals surface area (Å²) in [5.74, 6) is 1.71. The molecule has 0 heterocycles. The van der Waals surface area contributed by atoms with Crippen LogP contribution in [0.3, 0.4) is 0 Å². The molecule has 6 rings (SSSR count). The van der Waals surface area contributed by atoms with Crippen LogP contribution in [0.2, 0.25) is 0 Å². The highest BCUT2D eigenvalue weighted by atomic mass is 16.5. The van der Waals surface area contributed by atoms with Crippen LogP contribution in [0.25, 0.3) is 45.8 Å². The molecule has 6 aromatic carbocycles. The Morgan fingerprint density at radius 2 is 0.757 bits per heavy atom.